The first-order chi connectivity index (χ1) is 14.5. The summed E-state index contributed by atoms with van der Waals surface area (Å²) >= 11 is 3.55. The van der Waals surface area contributed by atoms with Crippen LogP contribution in [0, 0.1) is 6.92 Å². The lowest BCUT2D eigenvalue weighted by Crippen LogP contribution is -2.53. The third-order valence-corrected chi connectivity index (χ3v) is 6.15. The van der Waals surface area contributed by atoms with E-state index in [4.69, 9.17) is 4.98 Å². The normalized spacial score (nSPS) is 15.7. The predicted molar refractivity (Wildman–Crippen MR) is 112 cm³/mol. The van der Waals surface area contributed by atoms with E-state index >= 15 is 0 Å². The van der Waals surface area contributed by atoms with Crippen LogP contribution in [0.1, 0.15) is 24.1 Å². The SMILES string of the molecule is CCN1CCN(Cc2nc3n(n2)Cc2c(C)ncn2-c2ccc(Br)cc2-3)C(=O)C1=O. The maximum atomic E-state index is 12.5. The molecule has 154 valence electrons. The average Bonchev–Trinajstić information content (AvgIpc) is 3.26. The molecule has 2 amide bonds. The number of piperazine rings is 1. The van der Waals surface area contributed by atoms with E-state index in [1.807, 2.05) is 43.1 Å². The second kappa shape index (κ2) is 7.05. The van der Waals surface area contributed by atoms with Gasteiger partial charge in [0.15, 0.2) is 11.6 Å². The molecule has 1 aromatic carbocycles. The fraction of sp³-hybridized carbons (Fsp3) is 0.350. The van der Waals surface area contributed by atoms with Crippen LogP contribution in [-0.2, 0) is 22.7 Å². The molecule has 1 saturated heterocycles. The number of imidazole rings is 1. The summed E-state index contributed by atoms with van der Waals surface area (Å²) in [6.07, 6.45) is 1.82. The van der Waals surface area contributed by atoms with E-state index in [1.165, 1.54) is 4.90 Å². The third-order valence-electron chi connectivity index (χ3n) is 5.66. The Labute approximate surface area is 181 Å². The zero-order valence-corrected chi connectivity index (χ0v) is 18.3. The van der Waals surface area contributed by atoms with Crippen molar-refractivity contribution in [2.45, 2.75) is 26.9 Å². The molecule has 30 heavy (non-hydrogen) atoms. The van der Waals surface area contributed by atoms with Crippen LogP contribution in [0.5, 0.6) is 0 Å². The maximum Gasteiger partial charge on any atom is 0.312 e. The average molecular weight is 470 g/mol. The van der Waals surface area contributed by atoms with Crippen molar-refractivity contribution in [3.63, 3.8) is 0 Å². The van der Waals surface area contributed by atoms with Gasteiger partial charge in [0.05, 0.1) is 36.5 Å². The van der Waals surface area contributed by atoms with Crippen molar-refractivity contribution in [1.29, 1.82) is 0 Å². The van der Waals surface area contributed by atoms with Gasteiger partial charge in [-0.05, 0) is 32.0 Å². The van der Waals surface area contributed by atoms with E-state index < -0.39 is 11.8 Å². The smallest absolute Gasteiger partial charge is 0.312 e. The van der Waals surface area contributed by atoms with Crippen LogP contribution in [0.15, 0.2) is 29.0 Å². The number of halogens is 1. The zero-order valence-electron chi connectivity index (χ0n) is 16.7. The molecular weight excluding hydrogens is 450 g/mol. The van der Waals surface area contributed by atoms with Crippen molar-refractivity contribution in [3.8, 4) is 17.1 Å². The number of hydrogen-bond acceptors (Lipinski definition) is 5. The molecule has 4 heterocycles. The Morgan fingerprint density at radius 2 is 1.90 bits per heavy atom. The molecule has 1 fully saturated rings. The fourth-order valence-corrected chi connectivity index (χ4v) is 4.37. The van der Waals surface area contributed by atoms with Gasteiger partial charge < -0.3 is 14.4 Å². The Hall–Kier alpha value is -3.01. The molecule has 2 aromatic heterocycles. The monoisotopic (exact) mass is 469 g/mol. The molecular formula is C20H20BrN7O2. The molecule has 9 nitrogen and oxygen atoms in total. The van der Waals surface area contributed by atoms with Crippen LogP contribution >= 0.6 is 15.9 Å². The minimum absolute atomic E-state index is 0.212. The minimum Gasteiger partial charge on any atom is -0.333 e. The van der Waals surface area contributed by atoms with E-state index in [-0.39, 0.29) is 6.54 Å². The van der Waals surface area contributed by atoms with Crippen molar-refractivity contribution in [2.24, 2.45) is 0 Å². The summed E-state index contributed by atoms with van der Waals surface area (Å²) in [6, 6.07) is 6.03. The number of likely N-dealkylation sites (N-methyl/N-ethyl adjacent to an activating group) is 1. The molecule has 0 unspecified atom stereocenters. The van der Waals surface area contributed by atoms with Gasteiger partial charge in [0, 0.05) is 29.7 Å². The van der Waals surface area contributed by atoms with Crippen molar-refractivity contribution in [3.05, 3.63) is 46.2 Å². The summed E-state index contributed by atoms with van der Waals surface area (Å²) in [5.41, 5.74) is 3.88. The molecule has 2 aliphatic heterocycles. The maximum absolute atomic E-state index is 12.5. The molecule has 0 radical (unpaired) electrons. The lowest BCUT2D eigenvalue weighted by molar-refractivity contribution is -0.156. The highest BCUT2D eigenvalue weighted by Crippen LogP contribution is 2.33. The second-order valence-electron chi connectivity index (χ2n) is 7.43. The van der Waals surface area contributed by atoms with Crippen LogP contribution in [0.4, 0.5) is 0 Å². The molecule has 0 spiro atoms. The van der Waals surface area contributed by atoms with E-state index in [2.05, 4.69) is 30.6 Å². The Balaban J connectivity index is 1.53. The van der Waals surface area contributed by atoms with E-state index in [1.54, 1.807) is 4.90 Å². The molecule has 0 aliphatic carbocycles. The molecule has 0 N–H and O–H groups in total. The van der Waals surface area contributed by atoms with Crippen molar-refractivity contribution in [2.75, 3.05) is 19.6 Å². The minimum atomic E-state index is -0.495. The Morgan fingerprint density at radius 1 is 1.13 bits per heavy atom. The van der Waals surface area contributed by atoms with Crippen LogP contribution in [0.2, 0.25) is 0 Å². The van der Waals surface area contributed by atoms with Gasteiger partial charge in [0.2, 0.25) is 0 Å². The Bertz CT molecular complexity index is 1180. The summed E-state index contributed by atoms with van der Waals surface area (Å²) in [4.78, 5) is 37.0. The number of carbonyl (C=O) groups is 2. The highest BCUT2D eigenvalue weighted by atomic mass is 79.9. The number of aryl methyl sites for hydroxylation is 1. The number of nitrogens with zero attached hydrogens (tertiary/aromatic N) is 7. The quantitative estimate of drug-likeness (QED) is 0.426. The predicted octanol–water partition coefficient (Wildman–Crippen LogP) is 1.75. The highest BCUT2D eigenvalue weighted by molar-refractivity contribution is 9.10. The van der Waals surface area contributed by atoms with Gasteiger partial charge in [0.25, 0.3) is 0 Å². The summed E-state index contributed by atoms with van der Waals surface area (Å²) in [6.45, 7) is 6.13. The van der Waals surface area contributed by atoms with Gasteiger partial charge >= 0.3 is 11.8 Å². The second-order valence-corrected chi connectivity index (χ2v) is 8.34. The number of fused-ring (bicyclic) bond motifs is 5. The fourth-order valence-electron chi connectivity index (χ4n) is 4.00. The first-order valence-electron chi connectivity index (χ1n) is 9.81. The number of aromatic nitrogens is 5. The first kappa shape index (κ1) is 19.0. The topological polar surface area (TPSA) is 89.2 Å². The standard InChI is InChI=1S/C20H20BrN7O2/c1-3-25-6-7-26(20(30)19(25)29)10-17-23-18-14-8-13(21)4-5-15(14)27-11-22-12(2)16(27)9-28(18)24-17/h4-5,8,11H,3,6-7,9-10H2,1-2H3. The van der Waals surface area contributed by atoms with Crippen LogP contribution in [0.25, 0.3) is 17.1 Å². The van der Waals surface area contributed by atoms with Crippen molar-refractivity contribution >= 4 is 27.7 Å². The zero-order chi connectivity index (χ0) is 21.0. The van der Waals surface area contributed by atoms with Crippen LogP contribution in [-0.4, -0.2) is 65.6 Å². The van der Waals surface area contributed by atoms with Gasteiger partial charge in [-0.25, -0.2) is 14.6 Å². The lowest BCUT2D eigenvalue weighted by atomic mass is 10.1. The van der Waals surface area contributed by atoms with E-state index in [0.29, 0.717) is 32.0 Å². The number of amides is 2. The Morgan fingerprint density at radius 3 is 2.70 bits per heavy atom. The van der Waals surface area contributed by atoms with Gasteiger partial charge in [-0.3, -0.25) is 9.59 Å². The highest BCUT2D eigenvalue weighted by Gasteiger charge is 2.33. The molecule has 0 bridgehead atoms. The third kappa shape index (κ3) is 2.94. The number of hydrogen-bond donors (Lipinski definition) is 0. The molecule has 10 heteroatoms. The summed E-state index contributed by atoms with van der Waals surface area (Å²) in [5.74, 6) is 0.298. The number of benzene rings is 1. The molecule has 0 atom stereocenters. The molecule has 5 rings (SSSR count). The van der Waals surface area contributed by atoms with E-state index in [0.717, 1.165) is 32.9 Å². The number of carbonyl (C=O) groups excluding carboxylic acids is 2. The molecule has 0 saturated carbocycles. The lowest BCUT2D eigenvalue weighted by Gasteiger charge is -2.32. The molecule has 2 aliphatic rings. The number of rotatable bonds is 3. The van der Waals surface area contributed by atoms with Crippen molar-refractivity contribution < 1.29 is 9.59 Å². The van der Waals surface area contributed by atoms with Crippen LogP contribution < -0.4 is 0 Å². The Kier molecular flexibility index (Phi) is 4.46. The van der Waals surface area contributed by atoms with Gasteiger partial charge in [-0.2, -0.15) is 5.10 Å². The first-order valence-corrected chi connectivity index (χ1v) is 10.6. The summed E-state index contributed by atoms with van der Waals surface area (Å²) in [7, 11) is 0. The van der Waals surface area contributed by atoms with Crippen LogP contribution in [0.3, 0.4) is 0 Å². The summed E-state index contributed by atoms with van der Waals surface area (Å²) in [5, 5.41) is 4.68. The summed E-state index contributed by atoms with van der Waals surface area (Å²) < 4.78 is 4.86. The van der Waals surface area contributed by atoms with E-state index in [9.17, 15) is 9.59 Å². The largest absolute Gasteiger partial charge is 0.333 e. The van der Waals surface area contributed by atoms with Gasteiger partial charge in [-0.15, -0.1) is 0 Å². The van der Waals surface area contributed by atoms with Gasteiger partial charge in [-0.1, -0.05) is 15.9 Å². The van der Waals surface area contributed by atoms with Crippen molar-refractivity contribution in [1.82, 2.24) is 34.1 Å². The van der Waals surface area contributed by atoms with Gasteiger partial charge in [0.1, 0.15) is 0 Å². The molecule has 3 aromatic rings.